The molecule has 203 valence electrons. The summed E-state index contributed by atoms with van der Waals surface area (Å²) < 4.78 is 0. The van der Waals surface area contributed by atoms with Crippen LogP contribution in [0.15, 0.2) is 12.2 Å². The summed E-state index contributed by atoms with van der Waals surface area (Å²) in [7, 11) is 0. The van der Waals surface area contributed by atoms with Crippen LogP contribution in [0.5, 0.6) is 0 Å². The Bertz CT molecular complexity index is 355. The second-order valence-electron chi connectivity index (χ2n) is 11.0. The first-order valence-electron chi connectivity index (χ1n) is 16.4. The molecule has 0 fully saturated rings. The second kappa shape index (κ2) is 32.7. The minimum absolute atomic E-state index is 1.31. The summed E-state index contributed by atoms with van der Waals surface area (Å²) in [5, 5.41) is 0. The highest BCUT2D eigenvalue weighted by molar-refractivity contribution is 4.81. The summed E-state index contributed by atoms with van der Waals surface area (Å²) in [5.74, 6) is 0. The van der Waals surface area contributed by atoms with Crippen LogP contribution in [0.3, 0.4) is 0 Å². The molecule has 0 aliphatic carbocycles. The Labute approximate surface area is 218 Å². The van der Waals surface area contributed by atoms with Crippen LogP contribution in [0.1, 0.15) is 200 Å². The first-order valence-corrected chi connectivity index (χ1v) is 16.4. The molecule has 0 atom stereocenters. The zero-order chi connectivity index (χ0) is 24.6. The van der Waals surface area contributed by atoms with E-state index in [-0.39, 0.29) is 0 Å². The van der Waals surface area contributed by atoms with E-state index in [0.717, 1.165) is 0 Å². The number of rotatable bonds is 30. The highest BCUT2D eigenvalue weighted by atomic mass is 14.0. The van der Waals surface area contributed by atoms with Gasteiger partial charge in [-0.15, -0.1) is 0 Å². The van der Waals surface area contributed by atoms with Crippen LogP contribution in [0.2, 0.25) is 0 Å². The normalized spacial score (nSPS) is 11.7. The lowest BCUT2D eigenvalue weighted by Gasteiger charge is -2.04. The molecule has 0 spiro atoms. The Hall–Kier alpha value is -0.260. The molecule has 0 aliphatic rings. The minimum Gasteiger partial charge on any atom is -0.0885 e. The molecule has 0 amide bonds. The van der Waals surface area contributed by atoms with Crippen LogP contribution in [-0.2, 0) is 0 Å². The highest BCUT2D eigenvalue weighted by Crippen LogP contribution is 2.15. The van der Waals surface area contributed by atoms with Crippen LogP contribution < -0.4 is 0 Å². The van der Waals surface area contributed by atoms with E-state index in [0.29, 0.717) is 0 Å². The summed E-state index contributed by atoms with van der Waals surface area (Å²) in [4.78, 5) is 0. The monoisotopic (exact) mass is 476 g/mol. The van der Waals surface area contributed by atoms with Gasteiger partial charge in [0.15, 0.2) is 0 Å². The van der Waals surface area contributed by atoms with Gasteiger partial charge in [-0.05, 0) is 32.1 Å². The Morgan fingerprint density at radius 3 is 0.794 bits per heavy atom. The van der Waals surface area contributed by atoms with Gasteiger partial charge in [-0.25, -0.2) is 0 Å². The van der Waals surface area contributed by atoms with Gasteiger partial charge in [-0.1, -0.05) is 187 Å². The molecular formula is C34H67. The smallest absolute Gasteiger partial charge is 0.0351 e. The Kier molecular flexibility index (Phi) is 32.5. The average molecular weight is 476 g/mol. The molecule has 34 heavy (non-hydrogen) atoms. The number of unbranched alkanes of at least 4 members (excludes halogenated alkanes) is 28. The van der Waals surface area contributed by atoms with Gasteiger partial charge < -0.3 is 0 Å². The summed E-state index contributed by atoms with van der Waals surface area (Å²) >= 11 is 0. The summed E-state index contributed by atoms with van der Waals surface area (Å²) in [6, 6.07) is 0. The first-order chi connectivity index (χ1) is 16.9. The van der Waals surface area contributed by atoms with Gasteiger partial charge >= 0.3 is 0 Å². The molecule has 0 aromatic carbocycles. The third-order valence-corrected chi connectivity index (χ3v) is 7.43. The lowest BCUT2D eigenvalue weighted by atomic mass is 10.0. The van der Waals surface area contributed by atoms with Crippen molar-refractivity contribution >= 4 is 0 Å². The van der Waals surface area contributed by atoms with Gasteiger partial charge in [0.25, 0.3) is 0 Å². The fraction of sp³-hybridized carbons (Fsp3) is 0.912. The Balaban J connectivity index is 3.04. The van der Waals surface area contributed by atoms with Gasteiger partial charge in [-0.3, -0.25) is 0 Å². The third kappa shape index (κ3) is 31.7. The molecular weight excluding hydrogens is 408 g/mol. The molecule has 0 saturated heterocycles. The lowest BCUT2D eigenvalue weighted by molar-refractivity contribution is 0.537. The molecule has 0 heterocycles. The Morgan fingerprint density at radius 2 is 0.500 bits per heavy atom. The standard InChI is InChI=1S/C34H67/c1-3-5-7-9-11-13-15-17-19-21-23-25-27-29-31-33-34-32-30-28-26-24-22-20-18-16-14-12-10-8-6-4-2/h17,19,32H,3-16,18,20-31,33-34H2,1-2H3/b19-17-. The molecule has 0 saturated carbocycles. The van der Waals surface area contributed by atoms with Gasteiger partial charge in [0.2, 0.25) is 0 Å². The van der Waals surface area contributed by atoms with Crippen molar-refractivity contribution in [3.63, 3.8) is 0 Å². The van der Waals surface area contributed by atoms with E-state index in [1.165, 1.54) is 186 Å². The number of hydrogen-bond acceptors (Lipinski definition) is 0. The molecule has 1 radical (unpaired) electrons. The lowest BCUT2D eigenvalue weighted by Crippen LogP contribution is -1.85. The van der Waals surface area contributed by atoms with Crippen molar-refractivity contribution in [1.82, 2.24) is 0 Å². The third-order valence-electron chi connectivity index (χ3n) is 7.43. The van der Waals surface area contributed by atoms with Crippen molar-refractivity contribution < 1.29 is 0 Å². The maximum atomic E-state index is 2.58. The minimum atomic E-state index is 1.31. The summed E-state index contributed by atoms with van der Waals surface area (Å²) in [6.45, 7) is 4.60. The van der Waals surface area contributed by atoms with Gasteiger partial charge in [0.05, 0.1) is 0 Å². The molecule has 0 bridgehead atoms. The SMILES string of the molecule is CCCCCCCC/C=C\CCCCCCCC[CH]CCCCCCCCCCCCCCC. The van der Waals surface area contributed by atoms with Crippen LogP contribution in [0, 0.1) is 6.42 Å². The maximum absolute atomic E-state index is 2.58. The molecule has 0 heteroatoms. The van der Waals surface area contributed by atoms with Crippen LogP contribution in [0.25, 0.3) is 0 Å². The van der Waals surface area contributed by atoms with E-state index < -0.39 is 0 Å². The molecule has 0 nitrogen and oxygen atoms in total. The topological polar surface area (TPSA) is 0 Å². The molecule has 0 aliphatic heterocycles. The fourth-order valence-corrected chi connectivity index (χ4v) is 4.99. The van der Waals surface area contributed by atoms with E-state index in [9.17, 15) is 0 Å². The van der Waals surface area contributed by atoms with E-state index in [1.54, 1.807) is 0 Å². The molecule has 0 aromatic heterocycles. The van der Waals surface area contributed by atoms with Crippen LogP contribution in [-0.4, -0.2) is 0 Å². The largest absolute Gasteiger partial charge is 0.0885 e. The van der Waals surface area contributed by atoms with Crippen molar-refractivity contribution in [2.45, 2.75) is 200 Å². The Morgan fingerprint density at radius 1 is 0.265 bits per heavy atom. The molecule has 0 rings (SSSR count). The van der Waals surface area contributed by atoms with Crippen molar-refractivity contribution in [3.8, 4) is 0 Å². The molecule has 0 unspecified atom stereocenters. The highest BCUT2D eigenvalue weighted by Gasteiger charge is 1.96. The van der Waals surface area contributed by atoms with E-state index in [1.807, 2.05) is 0 Å². The van der Waals surface area contributed by atoms with Crippen LogP contribution >= 0.6 is 0 Å². The van der Waals surface area contributed by atoms with Crippen LogP contribution in [0.4, 0.5) is 0 Å². The number of hydrogen-bond donors (Lipinski definition) is 0. The maximum Gasteiger partial charge on any atom is -0.0351 e. The van der Waals surface area contributed by atoms with Crippen molar-refractivity contribution in [2.75, 3.05) is 0 Å². The van der Waals surface area contributed by atoms with Crippen molar-refractivity contribution in [2.24, 2.45) is 0 Å². The van der Waals surface area contributed by atoms with Crippen molar-refractivity contribution in [3.05, 3.63) is 18.6 Å². The predicted octanol–water partition coefficient (Wildman–Crippen LogP) is 13.1. The zero-order valence-corrected chi connectivity index (χ0v) is 24.2. The van der Waals surface area contributed by atoms with E-state index in [4.69, 9.17) is 0 Å². The van der Waals surface area contributed by atoms with Gasteiger partial charge in [-0.2, -0.15) is 0 Å². The van der Waals surface area contributed by atoms with Gasteiger partial charge in [0.1, 0.15) is 0 Å². The van der Waals surface area contributed by atoms with Gasteiger partial charge in [0, 0.05) is 0 Å². The second-order valence-corrected chi connectivity index (χ2v) is 11.0. The molecule has 0 aromatic rings. The summed E-state index contributed by atoms with van der Waals surface area (Å²) in [6.07, 6.45) is 48.9. The first kappa shape index (κ1) is 33.7. The quantitative estimate of drug-likeness (QED) is 0.0715. The summed E-state index contributed by atoms with van der Waals surface area (Å²) in [5.41, 5.74) is 0. The molecule has 0 N–H and O–H groups in total. The van der Waals surface area contributed by atoms with E-state index in [2.05, 4.69) is 32.4 Å². The fourth-order valence-electron chi connectivity index (χ4n) is 4.99. The van der Waals surface area contributed by atoms with E-state index >= 15 is 0 Å². The van der Waals surface area contributed by atoms with Crippen molar-refractivity contribution in [1.29, 1.82) is 0 Å². The number of allylic oxidation sites excluding steroid dienone is 2. The predicted molar refractivity (Wildman–Crippen MR) is 159 cm³/mol. The zero-order valence-electron chi connectivity index (χ0n) is 24.2. The average Bonchev–Trinajstić information content (AvgIpc) is 2.85.